The molecule has 0 aliphatic heterocycles. The molecular weight excluding hydrogens is 266 g/mol. The summed E-state index contributed by atoms with van der Waals surface area (Å²) in [4.78, 5) is 8.96. The summed E-state index contributed by atoms with van der Waals surface area (Å²) in [5, 5.41) is 5.05. The molecule has 0 unspecified atom stereocenters. The maximum atomic E-state index is 5.65. The second-order valence-corrected chi connectivity index (χ2v) is 4.84. The third-order valence-electron chi connectivity index (χ3n) is 3.23. The lowest BCUT2D eigenvalue weighted by Gasteiger charge is -2.08. The fourth-order valence-electron chi connectivity index (χ4n) is 2.17. The number of benzene rings is 1. The normalized spacial score (nSPS) is 11.0. The minimum Gasteiger partial charge on any atom is -0.477 e. The van der Waals surface area contributed by atoms with Crippen molar-refractivity contribution in [2.45, 2.75) is 27.2 Å². The summed E-state index contributed by atoms with van der Waals surface area (Å²) in [6.45, 7) is 6.49. The molecule has 0 radical (unpaired) electrons. The summed E-state index contributed by atoms with van der Waals surface area (Å²) in [6, 6.07) is 8.13. The molecule has 0 aliphatic rings. The van der Waals surface area contributed by atoms with Gasteiger partial charge >= 0.3 is 0 Å². The molecule has 3 rings (SSSR count). The maximum absolute atomic E-state index is 5.65. The van der Waals surface area contributed by atoms with Crippen LogP contribution in [0.5, 0.6) is 5.88 Å². The first-order valence-corrected chi connectivity index (χ1v) is 7.08. The van der Waals surface area contributed by atoms with Gasteiger partial charge in [-0.2, -0.15) is 4.98 Å². The lowest BCUT2D eigenvalue weighted by molar-refractivity contribution is 0.329. The van der Waals surface area contributed by atoms with Crippen LogP contribution in [0.4, 0.5) is 0 Å². The molecule has 21 heavy (non-hydrogen) atoms. The average molecular weight is 283 g/mol. The van der Waals surface area contributed by atoms with E-state index in [-0.39, 0.29) is 0 Å². The smallest absolute Gasteiger partial charge is 0.226 e. The van der Waals surface area contributed by atoms with E-state index in [0.717, 1.165) is 22.0 Å². The van der Waals surface area contributed by atoms with Crippen molar-refractivity contribution >= 4 is 10.9 Å². The molecule has 5 nitrogen and oxygen atoms in total. The number of aromatic nitrogens is 3. The molecule has 0 aliphatic carbocycles. The van der Waals surface area contributed by atoms with E-state index in [1.165, 1.54) is 0 Å². The Bertz CT molecular complexity index is 780. The number of ether oxygens (including phenoxy) is 1. The van der Waals surface area contributed by atoms with Crippen molar-refractivity contribution < 1.29 is 9.26 Å². The molecule has 0 N–H and O–H groups in total. The monoisotopic (exact) mass is 283 g/mol. The van der Waals surface area contributed by atoms with Crippen LogP contribution in [-0.4, -0.2) is 21.7 Å². The predicted octanol–water partition coefficient (Wildman–Crippen LogP) is 3.55. The van der Waals surface area contributed by atoms with Crippen LogP contribution in [0.1, 0.15) is 25.3 Å². The third-order valence-corrected chi connectivity index (χ3v) is 3.23. The summed E-state index contributed by atoms with van der Waals surface area (Å²) < 4.78 is 10.8. The quantitative estimate of drug-likeness (QED) is 0.732. The van der Waals surface area contributed by atoms with Crippen molar-refractivity contribution in [3.05, 3.63) is 35.7 Å². The number of fused-ring (bicyclic) bond motifs is 1. The number of nitrogens with zero attached hydrogens (tertiary/aromatic N) is 3. The van der Waals surface area contributed by atoms with Crippen molar-refractivity contribution in [3.8, 4) is 17.3 Å². The maximum Gasteiger partial charge on any atom is 0.226 e. The fourth-order valence-corrected chi connectivity index (χ4v) is 2.17. The number of hydrogen-bond donors (Lipinski definition) is 0. The zero-order chi connectivity index (χ0) is 14.8. The van der Waals surface area contributed by atoms with Crippen LogP contribution in [0.15, 0.2) is 28.8 Å². The van der Waals surface area contributed by atoms with Crippen molar-refractivity contribution in [1.82, 2.24) is 15.1 Å². The first kappa shape index (κ1) is 13.5. The Morgan fingerprint density at radius 3 is 2.71 bits per heavy atom. The molecule has 3 aromatic rings. The van der Waals surface area contributed by atoms with Crippen molar-refractivity contribution in [2.75, 3.05) is 6.61 Å². The highest BCUT2D eigenvalue weighted by Crippen LogP contribution is 2.30. The molecular formula is C16H17N3O2. The van der Waals surface area contributed by atoms with E-state index in [1.54, 1.807) is 0 Å². The van der Waals surface area contributed by atoms with E-state index in [2.05, 4.69) is 21.2 Å². The number of aryl methyl sites for hydroxylation is 2. The Hall–Kier alpha value is -2.43. The van der Waals surface area contributed by atoms with Gasteiger partial charge in [0.1, 0.15) is 0 Å². The second-order valence-electron chi connectivity index (χ2n) is 4.84. The van der Waals surface area contributed by atoms with Gasteiger partial charge in [-0.15, -0.1) is 0 Å². The van der Waals surface area contributed by atoms with Crippen LogP contribution >= 0.6 is 0 Å². The van der Waals surface area contributed by atoms with Gasteiger partial charge in [-0.05, 0) is 31.5 Å². The fraction of sp³-hybridized carbons (Fsp3) is 0.312. The minimum absolute atomic E-state index is 0.519. The lowest BCUT2D eigenvalue weighted by atomic mass is 10.1. The molecule has 108 valence electrons. The summed E-state index contributed by atoms with van der Waals surface area (Å²) in [5.74, 6) is 1.67. The van der Waals surface area contributed by atoms with Gasteiger partial charge in [0.2, 0.25) is 17.6 Å². The molecule has 2 aromatic heterocycles. The topological polar surface area (TPSA) is 61.0 Å². The standard InChI is InChI=1S/C16H17N3O2/c1-4-14-18-15(19-21-14)12-9-11-7-6-10(3)8-13(11)17-16(12)20-5-2/h6-9H,4-5H2,1-3H3. The Morgan fingerprint density at radius 1 is 1.14 bits per heavy atom. The highest BCUT2D eigenvalue weighted by Gasteiger charge is 2.15. The summed E-state index contributed by atoms with van der Waals surface area (Å²) in [5.41, 5.74) is 2.83. The number of rotatable bonds is 4. The van der Waals surface area contributed by atoms with Gasteiger partial charge in [-0.3, -0.25) is 0 Å². The molecule has 0 spiro atoms. The molecule has 1 aromatic carbocycles. The van der Waals surface area contributed by atoms with Crippen LogP contribution in [0.2, 0.25) is 0 Å². The summed E-state index contributed by atoms with van der Waals surface area (Å²) >= 11 is 0. The predicted molar refractivity (Wildman–Crippen MR) is 80.3 cm³/mol. The Labute approximate surface area is 123 Å². The van der Waals surface area contributed by atoms with Crippen LogP contribution in [0, 0.1) is 6.92 Å². The highest BCUT2D eigenvalue weighted by atomic mass is 16.5. The molecule has 2 heterocycles. The van der Waals surface area contributed by atoms with E-state index in [1.807, 2.05) is 39.0 Å². The second kappa shape index (κ2) is 5.52. The molecule has 0 bridgehead atoms. The van der Waals surface area contributed by atoms with Crippen molar-refractivity contribution in [3.63, 3.8) is 0 Å². The zero-order valence-corrected chi connectivity index (χ0v) is 12.4. The van der Waals surface area contributed by atoms with Crippen LogP contribution in [0.25, 0.3) is 22.3 Å². The zero-order valence-electron chi connectivity index (χ0n) is 12.4. The average Bonchev–Trinajstić information content (AvgIpc) is 2.95. The largest absolute Gasteiger partial charge is 0.477 e. The molecule has 0 atom stereocenters. The van der Waals surface area contributed by atoms with Crippen LogP contribution in [-0.2, 0) is 6.42 Å². The molecule has 0 saturated carbocycles. The van der Waals surface area contributed by atoms with Gasteiger partial charge in [0.15, 0.2) is 0 Å². The number of hydrogen-bond acceptors (Lipinski definition) is 5. The van der Waals surface area contributed by atoms with Gasteiger partial charge in [0.05, 0.1) is 17.7 Å². The first-order valence-electron chi connectivity index (χ1n) is 7.08. The highest BCUT2D eigenvalue weighted by molar-refractivity contribution is 5.85. The van der Waals surface area contributed by atoms with Gasteiger partial charge in [0, 0.05) is 11.8 Å². The summed E-state index contributed by atoms with van der Waals surface area (Å²) in [7, 11) is 0. The Balaban J connectivity index is 2.18. The van der Waals surface area contributed by atoms with E-state index < -0.39 is 0 Å². The van der Waals surface area contributed by atoms with Gasteiger partial charge in [-0.1, -0.05) is 24.2 Å². The summed E-state index contributed by atoms with van der Waals surface area (Å²) in [6.07, 6.45) is 0.706. The number of pyridine rings is 1. The van der Waals surface area contributed by atoms with Crippen LogP contribution < -0.4 is 4.74 Å². The Kier molecular flexibility index (Phi) is 3.56. The van der Waals surface area contributed by atoms with E-state index in [0.29, 0.717) is 30.6 Å². The van der Waals surface area contributed by atoms with Gasteiger partial charge in [-0.25, -0.2) is 4.98 Å². The van der Waals surface area contributed by atoms with E-state index >= 15 is 0 Å². The van der Waals surface area contributed by atoms with Gasteiger partial charge < -0.3 is 9.26 Å². The minimum atomic E-state index is 0.519. The Morgan fingerprint density at radius 2 is 2.00 bits per heavy atom. The molecule has 0 fully saturated rings. The van der Waals surface area contributed by atoms with Crippen molar-refractivity contribution in [2.24, 2.45) is 0 Å². The van der Waals surface area contributed by atoms with E-state index in [9.17, 15) is 0 Å². The van der Waals surface area contributed by atoms with E-state index in [4.69, 9.17) is 9.26 Å². The molecule has 0 amide bonds. The van der Waals surface area contributed by atoms with Crippen LogP contribution in [0.3, 0.4) is 0 Å². The first-order chi connectivity index (χ1) is 10.2. The van der Waals surface area contributed by atoms with Gasteiger partial charge in [0.25, 0.3) is 0 Å². The lowest BCUT2D eigenvalue weighted by Crippen LogP contribution is -1.98. The SMILES string of the molecule is CCOc1nc2cc(C)ccc2cc1-c1noc(CC)n1. The molecule has 0 saturated heterocycles. The molecule has 5 heteroatoms. The van der Waals surface area contributed by atoms with Crippen molar-refractivity contribution in [1.29, 1.82) is 0 Å². The third kappa shape index (κ3) is 2.59.